The van der Waals surface area contributed by atoms with E-state index in [1.54, 1.807) is 76.0 Å². The van der Waals surface area contributed by atoms with Gasteiger partial charge in [-0.05, 0) is 85.4 Å². The van der Waals surface area contributed by atoms with E-state index < -0.39 is 72.2 Å². The van der Waals surface area contributed by atoms with Crippen LogP contribution in [0.5, 0.6) is 11.5 Å². The number of benzene rings is 8. The number of nitrogens with zero attached hydrogens (tertiary/aromatic N) is 4. The molecule has 0 aliphatic rings. The quantitative estimate of drug-likeness (QED) is 0.101. The van der Waals surface area contributed by atoms with Gasteiger partial charge in [-0.2, -0.15) is 18.2 Å². The Kier molecular flexibility index (Phi) is 8.60. The van der Waals surface area contributed by atoms with Crippen molar-refractivity contribution in [2.45, 2.75) is 51.8 Å². The summed E-state index contributed by atoms with van der Waals surface area (Å²) in [4.78, 5) is 4.85. The maximum atomic E-state index is 9.57. The second-order valence-corrected chi connectivity index (χ2v) is 17.9. The van der Waals surface area contributed by atoms with E-state index in [4.69, 9.17) is 23.4 Å². The van der Waals surface area contributed by atoms with E-state index in [1.807, 2.05) is 73.0 Å². The Labute approximate surface area is 430 Å². The Balaban J connectivity index is 0.00000720. The first-order valence-electron chi connectivity index (χ1n) is 28.0. The summed E-state index contributed by atoms with van der Waals surface area (Å²) in [5, 5.41) is 1.85. The minimum absolute atomic E-state index is 0. The molecular weight excluding hydrogens is 1010 g/mol. The average Bonchev–Trinajstić information content (AvgIpc) is 4.18. The van der Waals surface area contributed by atoms with Gasteiger partial charge < -0.3 is 13.9 Å². The van der Waals surface area contributed by atoms with Crippen LogP contribution in [0.2, 0.25) is 0 Å². The maximum absolute atomic E-state index is 9.57. The molecule has 0 aliphatic carbocycles. The minimum Gasteiger partial charge on any atom is -0.510 e. The molecule has 8 aromatic carbocycles. The molecule has 68 heavy (non-hydrogen) atoms. The van der Waals surface area contributed by atoms with Crippen LogP contribution in [-0.4, -0.2) is 14.1 Å². The number of hydrogen-bond donors (Lipinski definition) is 0. The number of para-hydroxylation sites is 3. The number of aromatic nitrogens is 4. The Morgan fingerprint density at radius 1 is 0.632 bits per heavy atom. The van der Waals surface area contributed by atoms with E-state index >= 15 is 0 Å². The summed E-state index contributed by atoms with van der Waals surface area (Å²) >= 11 is 0. The van der Waals surface area contributed by atoms with Crippen LogP contribution in [-0.2, 0) is 38.3 Å². The van der Waals surface area contributed by atoms with Gasteiger partial charge in [0.25, 0.3) is 6.33 Å². The molecule has 0 fully saturated rings. The van der Waals surface area contributed by atoms with E-state index in [0.29, 0.717) is 45.1 Å². The van der Waals surface area contributed by atoms with Gasteiger partial charge in [-0.25, -0.2) is 4.98 Å². The zero-order chi connectivity index (χ0) is 56.2. The van der Waals surface area contributed by atoms with Crippen molar-refractivity contribution >= 4 is 32.8 Å². The van der Waals surface area contributed by atoms with Crippen molar-refractivity contribution in [2.75, 3.05) is 0 Å². The van der Waals surface area contributed by atoms with Gasteiger partial charge in [0.2, 0.25) is 0 Å². The van der Waals surface area contributed by atoms with Crippen molar-refractivity contribution in [1.29, 1.82) is 0 Å². The van der Waals surface area contributed by atoms with E-state index in [2.05, 4.69) is 57.4 Å². The molecule has 336 valence electrons. The van der Waals surface area contributed by atoms with Gasteiger partial charge in [0.1, 0.15) is 5.82 Å². The van der Waals surface area contributed by atoms with Gasteiger partial charge in [0, 0.05) is 47.0 Å². The molecule has 3 heterocycles. The first kappa shape index (κ1) is 32.4. The van der Waals surface area contributed by atoms with Crippen LogP contribution in [0.15, 0.2) is 200 Å². The van der Waals surface area contributed by atoms with Crippen LogP contribution in [0.25, 0.3) is 72.3 Å². The summed E-state index contributed by atoms with van der Waals surface area (Å²) in [7, 11) is 0. The number of fused-ring (bicyclic) bond motifs is 4. The van der Waals surface area contributed by atoms with Gasteiger partial charge in [0.15, 0.2) is 0 Å². The summed E-state index contributed by atoms with van der Waals surface area (Å²) in [6.07, 6.45) is 3.23. The molecule has 0 saturated carbocycles. The molecule has 6 heteroatoms. The molecule has 5 nitrogen and oxygen atoms in total. The maximum Gasteiger partial charge on any atom is 0.268 e. The second-order valence-electron chi connectivity index (χ2n) is 17.9. The number of hydrogen-bond acceptors (Lipinski definition) is 2. The summed E-state index contributed by atoms with van der Waals surface area (Å²) in [5.74, 6) is 1.16. The molecule has 0 aliphatic heterocycles. The van der Waals surface area contributed by atoms with Crippen molar-refractivity contribution in [1.82, 2.24) is 14.1 Å². The third-order valence-corrected chi connectivity index (χ3v) is 12.0. The zero-order valence-corrected chi connectivity index (χ0v) is 40.1. The van der Waals surface area contributed by atoms with Crippen LogP contribution in [0, 0.1) is 18.5 Å². The molecule has 0 unspecified atom stereocenters. The normalized spacial score (nSPS) is 14.5. The molecule has 3 aromatic heterocycles. The van der Waals surface area contributed by atoms with E-state index in [-0.39, 0.29) is 54.4 Å². The first-order chi connectivity index (χ1) is 37.5. The monoisotopic (exact) mass is 1070 g/mol. The fourth-order valence-electron chi connectivity index (χ4n) is 8.70. The average molecular weight is 1070 g/mol. The number of ether oxygens (including phenoxy) is 1. The topological polar surface area (TPSA) is 35.9 Å². The van der Waals surface area contributed by atoms with Crippen LogP contribution >= 0.6 is 0 Å². The fraction of sp³-hybridized carbons (Fsp3) is 0.129. The molecule has 0 radical (unpaired) electrons. The minimum atomic E-state index is -1.81. The summed E-state index contributed by atoms with van der Waals surface area (Å²) in [5.41, 5.74) is 4.51. The number of pyridine rings is 1. The van der Waals surface area contributed by atoms with Crippen molar-refractivity contribution < 1.29 is 46.8 Å². The van der Waals surface area contributed by atoms with Gasteiger partial charge in [-0.15, -0.1) is 29.7 Å². The Bertz CT molecular complexity index is 4160. The molecule has 0 saturated heterocycles. The van der Waals surface area contributed by atoms with Crippen LogP contribution in [0.1, 0.15) is 67.8 Å². The largest absolute Gasteiger partial charge is 0.510 e. The first-order valence-corrected chi connectivity index (χ1v) is 22.0. The van der Waals surface area contributed by atoms with Crippen LogP contribution in [0.4, 0.5) is 0 Å². The van der Waals surface area contributed by atoms with Gasteiger partial charge in [0.05, 0.1) is 30.4 Å². The SMILES string of the molecule is [2H]c1c([2H])c([2H])c(-c2cccc(-c3c([2H])c([2H])c([2H])c([2H])c3[2H])c2-[n+]2[c-]n(-c3[c-]c(Oc4[c-]c5c(cc4)c4cc(C(C)(C)C)ccc4n5-c4cc(C([2H])([2H])C(C)(C)c5ccccc5)ccn4)ccc3)c3ccccc32)c([2H])c1[2H].[Pt]. The molecule has 0 N–H and O–H groups in total. The summed E-state index contributed by atoms with van der Waals surface area (Å²) < 4.78 is 118. The number of imidazole rings is 1. The van der Waals surface area contributed by atoms with E-state index in [0.717, 1.165) is 27.4 Å². The summed E-state index contributed by atoms with van der Waals surface area (Å²) in [6, 6.07) is 42.1. The zero-order valence-electron chi connectivity index (χ0n) is 49.8. The van der Waals surface area contributed by atoms with Gasteiger partial charge in [-0.1, -0.05) is 185 Å². The summed E-state index contributed by atoms with van der Waals surface area (Å²) in [6.45, 7) is 10.3. The molecule has 11 rings (SSSR count). The van der Waals surface area contributed by atoms with Crippen LogP contribution < -0.4 is 9.30 Å². The fourth-order valence-corrected chi connectivity index (χ4v) is 8.70. The Morgan fingerprint density at radius 2 is 1.31 bits per heavy atom. The van der Waals surface area contributed by atoms with E-state index in [1.165, 1.54) is 0 Å². The molecule has 0 bridgehead atoms. The van der Waals surface area contributed by atoms with Crippen LogP contribution in [0.3, 0.4) is 0 Å². The standard InChI is InChI=1S/C62H50N4O.Pt/c1-61(2,3)47-31-34-55-54(38-47)53-33-32-50(40-58(53)66(55)59-37-43(35-36-63-59)41-62(4,5)46-23-13-8-14-24-46)67-49-26-17-25-48(39-49)64-42-65(57-30-16-15-29-56(57)64)60-51(44-19-9-6-10-20-44)27-18-28-52(60)45-21-11-7-12-22-45;/h6-38H,41H2,1-5H3;/q-2;/i6D,7D,9D,10D,11D,12D,19D,20D,21D,22D,41D2;. The Morgan fingerprint density at radius 3 is 2.03 bits per heavy atom. The predicted molar refractivity (Wildman–Crippen MR) is 273 cm³/mol. The third-order valence-electron chi connectivity index (χ3n) is 12.0. The smallest absolute Gasteiger partial charge is 0.268 e. The van der Waals surface area contributed by atoms with Crippen molar-refractivity contribution in [3.8, 4) is 50.9 Å². The Hall–Kier alpha value is -7.33. The predicted octanol–water partition coefficient (Wildman–Crippen LogP) is 14.7. The molecular formula is C62H50N4OPt-2. The third kappa shape index (κ3) is 8.37. The van der Waals surface area contributed by atoms with Crippen molar-refractivity contribution in [2.24, 2.45) is 0 Å². The van der Waals surface area contributed by atoms with Crippen molar-refractivity contribution in [3.05, 3.63) is 235 Å². The molecule has 0 atom stereocenters. The van der Waals surface area contributed by atoms with Crippen molar-refractivity contribution in [3.63, 3.8) is 0 Å². The van der Waals surface area contributed by atoms with Gasteiger partial charge >= 0.3 is 0 Å². The molecule has 0 spiro atoms. The molecule has 0 amide bonds. The molecule has 11 aromatic rings. The van der Waals surface area contributed by atoms with Gasteiger partial charge in [-0.3, -0.25) is 4.57 Å². The second kappa shape index (κ2) is 18.1. The number of rotatable bonds is 10. The van der Waals surface area contributed by atoms with E-state index in [9.17, 15) is 2.74 Å².